The van der Waals surface area contributed by atoms with Gasteiger partial charge in [-0.2, -0.15) is 5.10 Å². The van der Waals surface area contributed by atoms with Crippen molar-refractivity contribution in [2.45, 2.75) is 19.1 Å². The topological polar surface area (TPSA) is 73.2 Å². The number of nitrogens with zero attached hydrogens (tertiary/aromatic N) is 2. The summed E-state index contributed by atoms with van der Waals surface area (Å²) in [5, 5.41) is 8.06. The summed E-state index contributed by atoms with van der Waals surface area (Å²) >= 11 is 12.1. The Balaban J connectivity index is 1.49. The molecule has 4 rings (SSSR count). The van der Waals surface area contributed by atoms with Crippen LogP contribution in [0.5, 0.6) is 0 Å². The minimum atomic E-state index is -0.898. The van der Waals surface area contributed by atoms with E-state index in [1.54, 1.807) is 47.3 Å². The number of esters is 1. The zero-order chi connectivity index (χ0) is 19.7. The molecule has 1 N–H and O–H groups in total. The first-order valence-electron chi connectivity index (χ1n) is 8.57. The van der Waals surface area contributed by atoms with Crippen LogP contribution in [0.4, 0.5) is 5.82 Å². The molecule has 0 fully saturated rings. The normalized spacial score (nSPS) is 15.6. The number of amides is 1. The van der Waals surface area contributed by atoms with Gasteiger partial charge in [-0.15, -0.1) is 0 Å². The number of carbonyl (C=O) groups is 2. The summed E-state index contributed by atoms with van der Waals surface area (Å²) in [5.74, 6) is -0.429. The standard InChI is InChI=1S/C20H15Cl2N3O3/c21-14-6-5-13(16(22)10-14)11-25-18(7-8-23-25)24-19(26)17-9-12-3-1-2-4-15(12)20(27)28-17/h1-8,10,17H,9,11H2,(H,24,26). The molecule has 1 aliphatic heterocycles. The molecule has 3 aromatic rings. The summed E-state index contributed by atoms with van der Waals surface area (Å²) in [6.07, 6.45) is 0.997. The number of halogens is 2. The number of hydrogen-bond acceptors (Lipinski definition) is 4. The zero-order valence-corrected chi connectivity index (χ0v) is 16.1. The second kappa shape index (κ2) is 7.66. The molecule has 2 aromatic carbocycles. The van der Waals surface area contributed by atoms with Gasteiger partial charge in [0.05, 0.1) is 18.3 Å². The number of ether oxygens (including phenoxy) is 1. The molecule has 0 radical (unpaired) electrons. The molecule has 1 aromatic heterocycles. The van der Waals surface area contributed by atoms with Crippen LogP contribution in [-0.4, -0.2) is 27.8 Å². The molecular formula is C20H15Cl2N3O3. The number of carbonyl (C=O) groups excluding carboxylic acids is 2. The molecule has 1 amide bonds. The second-order valence-electron chi connectivity index (χ2n) is 6.35. The Morgan fingerprint density at radius 1 is 1.21 bits per heavy atom. The molecule has 1 unspecified atom stereocenters. The molecule has 6 nitrogen and oxygen atoms in total. The molecule has 0 saturated heterocycles. The van der Waals surface area contributed by atoms with E-state index in [1.807, 2.05) is 12.1 Å². The van der Waals surface area contributed by atoms with Gasteiger partial charge in [0.25, 0.3) is 5.91 Å². The Morgan fingerprint density at radius 2 is 2.04 bits per heavy atom. The van der Waals surface area contributed by atoms with Gasteiger partial charge in [-0.05, 0) is 29.3 Å². The number of nitrogens with one attached hydrogen (secondary N) is 1. The average Bonchev–Trinajstić information content (AvgIpc) is 3.10. The molecule has 0 bridgehead atoms. The van der Waals surface area contributed by atoms with Crippen molar-refractivity contribution in [3.8, 4) is 0 Å². The molecule has 2 heterocycles. The van der Waals surface area contributed by atoms with Gasteiger partial charge in [-0.3, -0.25) is 4.79 Å². The van der Waals surface area contributed by atoms with E-state index in [0.29, 0.717) is 34.4 Å². The highest BCUT2D eigenvalue weighted by Gasteiger charge is 2.31. The van der Waals surface area contributed by atoms with Gasteiger partial charge in [0, 0.05) is 22.5 Å². The molecule has 8 heteroatoms. The Labute approximate surface area is 171 Å². The van der Waals surface area contributed by atoms with E-state index in [0.717, 1.165) is 11.1 Å². The molecule has 28 heavy (non-hydrogen) atoms. The van der Waals surface area contributed by atoms with Crippen LogP contribution in [0.25, 0.3) is 0 Å². The Bertz CT molecular complexity index is 1060. The third kappa shape index (κ3) is 3.74. The lowest BCUT2D eigenvalue weighted by atomic mass is 9.98. The summed E-state index contributed by atoms with van der Waals surface area (Å²) in [5.41, 5.74) is 2.10. The smallest absolute Gasteiger partial charge is 0.339 e. The predicted octanol–water partition coefficient (Wildman–Crippen LogP) is 3.96. The number of fused-ring (bicyclic) bond motifs is 1. The summed E-state index contributed by atoms with van der Waals surface area (Å²) in [6, 6.07) is 14.0. The number of rotatable bonds is 4. The van der Waals surface area contributed by atoms with Crippen molar-refractivity contribution in [1.82, 2.24) is 9.78 Å². The van der Waals surface area contributed by atoms with Crippen LogP contribution in [0.2, 0.25) is 10.0 Å². The number of benzene rings is 2. The maximum Gasteiger partial charge on any atom is 0.339 e. The highest BCUT2D eigenvalue weighted by molar-refractivity contribution is 6.35. The summed E-state index contributed by atoms with van der Waals surface area (Å²) < 4.78 is 6.90. The monoisotopic (exact) mass is 415 g/mol. The van der Waals surface area contributed by atoms with Crippen LogP contribution in [0.15, 0.2) is 54.7 Å². The van der Waals surface area contributed by atoms with Crippen molar-refractivity contribution < 1.29 is 14.3 Å². The molecule has 1 atom stereocenters. The van der Waals surface area contributed by atoms with Crippen molar-refractivity contribution in [2.24, 2.45) is 0 Å². The molecular weight excluding hydrogens is 401 g/mol. The van der Waals surface area contributed by atoms with Gasteiger partial charge in [0.15, 0.2) is 6.10 Å². The summed E-state index contributed by atoms with van der Waals surface area (Å²) in [7, 11) is 0. The third-order valence-electron chi connectivity index (χ3n) is 4.49. The predicted molar refractivity (Wildman–Crippen MR) is 106 cm³/mol. The molecule has 0 spiro atoms. The largest absolute Gasteiger partial charge is 0.448 e. The van der Waals surface area contributed by atoms with Crippen LogP contribution in [-0.2, 0) is 22.5 Å². The van der Waals surface area contributed by atoms with Gasteiger partial charge in [-0.1, -0.05) is 47.5 Å². The van der Waals surface area contributed by atoms with Crippen LogP contribution in [0, 0.1) is 0 Å². The van der Waals surface area contributed by atoms with E-state index in [9.17, 15) is 9.59 Å². The van der Waals surface area contributed by atoms with Crippen LogP contribution >= 0.6 is 23.2 Å². The van der Waals surface area contributed by atoms with E-state index in [2.05, 4.69) is 10.4 Å². The van der Waals surface area contributed by atoms with Gasteiger partial charge < -0.3 is 10.1 Å². The van der Waals surface area contributed by atoms with E-state index in [4.69, 9.17) is 27.9 Å². The number of cyclic esters (lactones) is 1. The first kappa shape index (κ1) is 18.5. The fraction of sp³-hybridized carbons (Fsp3) is 0.150. The van der Waals surface area contributed by atoms with Crippen molar-refractivity contribution in [3.63, 3.8) is 0 Å². The van der Waals surface area contributed by atoms with Crippen molar-refractivity contribution in [2.75, 3.05) is 5.32 Å². The lowest BCUT2D eigenvalue weighted by molar-refractivity contribution is -0.125. The van der Waals surface area contributed by atoms with Gasteiger partial charge in [0.2, 0.25) is 0 Å². The minimum Gasteiger partial charge on any atom is -0.448 e. The van der Waals surface area contributed by atoms with E-state index in [-0.39, 0.29) is 0 Å². The number of anilines is 1. The maximum absolute atomic E-state index is 12.7. The van der Waals surface area contributed by atoms with Crippen molar-refractivity contribution >= 4 is 40.9 Å². The molecule has 1 aliphatic rings. The summed E-state index contributed by atoms with van der Waals surface area (Å²) in [4.78, 5) is 24.8. The lowest BCUT2D eigenvalue weighted by Gasteiger charge is -2.23. The van der Waals surface area contributed by atoms with Crippen molar-refractivity contribution in [3.05, 3.63) is 81.5 Å². The zero-order valence-electron chi connectivity index (χ0n) is 14.6. The minimum absolute atomic E-state index is 0.324. The Morgan fingerprint density at radius 3 is 2.86 bits per heavy atom. The van der Waals surface area contributed by atoms with Crippen LogP contribution in [0.1, 0.15) is 21.5 Å². The fourth-order valence-electron chi connectivity index (χ4n) is 3.06. The Kier molecular flexibility index (Phi) is 5.07. The molecule has 142 valence electrons. The maximum atomic E-state index is 12.7. The fourth-order valence-corrected chi connectivity index (χ4v) is 3.53. The highest BCUT2D eigenvalue weighted by Crippen LogP contribution is 2.24. The second-order valence-corrected chi connectivity index (χ2v) is 7.20. The first-order valence-corrected chi connectivity index (χ1v) is 9.32. The molecule has 0 aliphatic carbocycles. The number of hydrogen-bond donors (Lipinski definition) is 1. The first-order chi connectivity index (χ1) is 13.5. The Hall–Kier alpha value is -2.83. The van der Waals surface area contributed by atoms with Crippen LogP contribution in [0.3, 0.4) is 0 Å². The lowest BCUT2D eigenvalue weighted by Crippen LogP contribution is -2.38. The van der Waals surface area contributed by atoms with E-state index >= 15 is 0 Å². The van der Waals surface area contributed by atoms with Gasteiger partial charge >= 0.3 is 5.97 Å². The van der Waals surface area contributed by atoms with E-state index < -0.39 is 18.0 Å². The average molecular weight is 416 g/mol. The third-order valence-corrected chi connectivity index (χ3v) is 5.07. The van der Waals surface area contributed by atoms with Crippen LogP contribution < -0.4 is 5.32 Å². The van der Waals surface area contributed by atoms with Crippen molar-refractivity contribution in [1.29, 1.82) is 0 Å². The van der Waals surface area contributed by atoms with E-state index in [1.165, 1.54) is 0 Å². The summed E-state index contributed by atoms with van der Waals surface area (Å²) in [6.45, 7) is 0.353. The quantitative estimate of drug-likeness (QED) is 0.654. The SMILES string of the molecule is O=C1OC(C(=O)Nc2ccnn2Cc2ccc(Cl)cc2Cl)Cc2ccccc21. The van der Waals surface area contributed by atoms with Gasteiger partial charge in [0.1, 0.15) is 5.82 Å². The van der Waals surface area contributed by atoms with Gasteiger partial charge in [-0.25, -0.2) is 9.48 Å². The number of aromatic nitrogens is 2. The highest BCUT2D eigenvalue weighted by atomic mass is 35.5. The molecule has 0 saturated carbocycles.